The lowest BCUT2D eigenvalue weighted by atomic mass is 9.90. The number of rotatable bonds is 7. The zero-order valence-electron chi connectivity index (χ0n) is 21.0. The predicted octanol–water partition coefficient (Wildman–Crippen LogP) is 5.55. The van der Waals surface area contributed by atoms with Crippen molar-refractivity contribution in [1.29, 1.82) is 5.26 Å². The molecule has 2 amide bonds. The fourth-order valence-electron chi connectivity index (χ4n) is 4.78. The van der Waals surface area contributed by atoms with E-state index in [1.807, 2.05) is 65.6 Å². The van der Waals surface area contributed by atoms with E-state index in [-0.39, 0.29) is 18.1 Å². The Morgan fingerprint density at radius 2 is 1.71 bits per heavy atom. The van der Waals surface area contributed by atoms with Gasteiger partial charge in [-0.05, 0) is 61.6 Å². The van der Waals surface area contributed by atoms with Crippen molar-refractivity contribution in [3.63, 3.8) is 0 Å². The molecule has 2 N–H and O–H groups in total. The van der Waals surface area contributed by atoms with E-state index in [0.29, 0.717) is 17.9 Å². The largest absolute Gasteiger partial charge is 0.367 e. The maximum atomic E-state index is 13.5. The van der Waals surface area contributed by atoms with Crippen LogP contribution in [0.1, 0.15) is 36.8 Å². The first-order valence-corrected chi connectivity index (χ1v) is 12.8. The highest BCUT2D eigenvalue weighted by Gasteiger charge is 2.31. The average molecular weight is 504 g/mol. The number of anilines is 2. The third-order valence-corrected chi connectivity index (χ3v) is 6.80. The van der Waals surface area contributed by atoms with Crippen LogP contribution >= 0.6 is 0 Å². The van der Waals surface area contributed by atoms with Gasteiger partial charge in [0.05, 0.1) is 5.56 Å². The standard InChI is InChI=1S/C30H29N7O/c31-17-23-8-14-28(33-19-23)36-26-10-12-27(13-11-26)37(30(38)35-18-22-5-2-1-3-6-22)29-15-9-25(21-34-29)24-7-4-16-32-20-24/h1-9,14-16,19-21,26-27H,10-13,18H2,(H,33,36)(H,35,38)/t26-,27-. The van der Waals surface area contributed by atoms with Crippen LogP contribution in [0.2, 0.25) is 0 Å². The molecule has 3 aromatic heterocycles. The van der Waals surface area contributed by atoms with Crippen molar-refractivity contribution in [2.75, 3.05) is 10.2 Å². The fraction of sp³-hybridized carbons (Fsp3) is 0.233. The van der Waals surface area contributed by atoms with Gasteiger partial charge in [0.2, 0.25) is 0 Å². The van der Waals surface area contributed by atoms with Gasteiger partial charge in [0.15, 0.2) is 0 Å². The lowest BCUT2D eigenvalue weighted by molar-refractivity contribution is 0.240. The number of urea groups is 1. The Morgan fingerprint density at radius 3 is 2.37 bits per heavy atom. The minimum absolute atomic E-state index is 0.0227. The molecule has 0 saturated heterocycles. The quantitative estimate of drug-likeness (QED) is 0.342. The summed E-state index contributed by atoms with van der Waals surface area (Å²) in [6.45, 7) is 0.450. The van der Waals surface area contributed by atoms with Crippen LogP contribution in [0.4, 0.5) is 16.4 Å². The summed E-state index contributed by atoms with van der Waals surface area (Å²) >= 11 is 0. The molecule has 4 aromatic rings. The molecule has 1 fully saturated rings. The lowest BCUT2D eigenvalue weighted by Gasteiger charge is -2.36. The van der Waals surface area contributed by atoms with Crippen molar-refractivity contribution >= 4 is 17.7 Å². The van der Waals surface area contributed by atoms with Crippen molar-refractivity contribution < 1.29 is 4.79 Å². The zero-order chi connectivity index (χ0) is 26.2. The number of aromatic nitrogens is 3. The normalized spacial score (nSPS) is 16.7. The van der Waals surface area contributed by atoms with E-state index in [2.05, 4.69) is 26.7 Å². The summed E-state index contributed by atoms with van der Waals surface area (Å²) in [4.78, 5) is 28.6. The van der Waals surface area contributed by atoms with Gasteiger partial charge in [-0.25, -0.2) is 14.8 Å². The topological polar surface area (TPSA) is 107 Å². The van der Waals surface area contributed by atoms with Crippen molar-refractivity contribution in [2.24, 2.45) is 0 Å². The first-order valence-electron chi connectivity index (χ1n) is 12.8. The minimum atomic E-state index is -0.152. The molecule has 5 rings (SSSR count). The summed E-state index contributed by atoms with van der Waals surface area (Å²) in [5.74, 6) is 1.39. The maximum absolute atomic E-state index is 13.5. The number of benzene rings is 1. The van der Waals surface area contributed by atoms with Crippen molar-refractivity contribution in [2.45, 2.75) is 44.3 Å². The number of pyridine rings is 3. The van der Waals surface area contributed by atoms with Crippen molar-refractivity contribution in [3.8, 4) is 17.2 Å². The third-order valence-electron chi connectivity index (χ3n) is 6.80. The van der Waals surface area contributed by atoms with Crippen molar-refractivity contribution in [1.82, 2.24) is 20.3 Å². The van der Waals surface area contributed by atoms with Crippen LogP contribution < -0.4 is 15.5 Å². The molecule has 3 heterocycles. The SMILES string of the molecule is N#Cc1ccc(N[C@H]2CC[C@H](N(C(=O)NCc3ccccc3)c3ccc(-c4cccnc4)cn3)CC2)nc1. The maximum Gasteiger partial charge on any atom is 0.323 e. The molecule has 0 radical (unpaired) electrons. The fourth-order valence-corrected chi connectivity index (χ4v) is 4.78. The van der Waals surface area contributed by atoms with E-state index in [0.717, 1.165) is 48.2 Å². The number of carbonyl (C=O) groups excluding carboxylic acids is 1. The van der Waals surface area contributed by atoms with E-state index >= 15 is 0 Å². The lowest BCUT2D eigenvalue weighted by Crippen LogP contribution is -2.49. The first kappa shape index (κ1) is 24.9. The van der Waals surface area contributed by atoms with Gasteiger partial charge in [-0.3, -0.25) is 9.88 Å². The summed E-state index contributed by atoms with van der Waals surface area (Å²) in [6, 6.07) is 23.5. The molecule has 0 aliphatic heterocycles. The first-order chi connectivity index (χ1) is 18.7. The molecule has 38 heavy (non-hydrogen) atoms. The van der Waals surface area contributed by atoms with Gasteiger partial charge in [0, 0.05) is 54.5 Å². The van der Waals surface area contributed by atoms with Crippen LogP contribution in [-0.4, -0.2) is 33.1 Å². The number of hydrogen-bond donors (Lipinski definition) is 2. The molecule has 1 aromatic carbocycles. The van der Waals surface area contributed by atoms with Crippen LogP contribution in [0.3, 0.4) is 0 Å². The van der Waals surface area contributed by atoms with Gasteiger partial charge in [-0.2, -0.15) is 5.26 Å². The number of nitrogens with zero attached hydrogens (tertiary/aromatic N) is 5. The van der Waals surface area contributed by atoms with Gasteiger partial charge in [-0.15, -0.1) is 0 Å². The Kier molecular flexibility index (Phi) is 7.85. The minimum Gasteiger partial charge on any atom is -0.367 e. The number of nitriles is 1. The molecule has 190 valence electrons. The highest BCUT2D eigenvalue weighted by molar-refractivity contribution is 5.91. The molecular weight excluding hydrogens is 474 g/mol. The molecule has 0 bridgehead atoms. The van der Waals surface area contributed by atoms with Crippen LogP contribution in [0, 0.1) is 11.3 Å². The van der Waals surface area contributed by atoms with Gasteiger partial charge in [-0.1, -0.05) is 36.4 Å². The van der Waals surface area contributed by atoms with Gasteiger partial charge in [0.1, 0.15) is 17.7 Å². The van der Waals surface area contributed by atoms with Crippen LogP contribution in [0.5, 0.6) is 0 Å². The Bertz CT molecular complexity index is 1360. The summed E-state index contributed by atoms with van der Waals surface area (Å²) in [5.41, 5.74) is 3.52. The zero-order valence-corrected chi connectivity index (χ0v) is 21.0. The van der Waals surface area contributed by atoms with E-state index < -0.39 is 0 Å². The van der Waals surface area contributed by atoms with E-state index in [4.69, 9.17) is 10.2 Å². The molecule has 0 atom stereocenters. The monoisotopic (exact) mass is 503 g/mol. The van der Waals surface area contributed by atoms with Gasteiger partial charge >= 0.3 is 6.03 Å². The molecule has 0 unspecified atom stereocenters. The average Bonchev–Trinajstić information content (AvgIpc) is 2.99. The Hall–Kier alpha value is -4.77. The van der Waals surface area contributed by atoms with E-state index in [9.17, 15) is 4.79 Å². The summed E-state index contributed by atoms with van der Waals surface area (Å²) in [7, 11) is 0. The van der Waals surface area contributed by atoms with Crippen LogP contribution in [-0.2, 0) is 6.54 Å². The highest BCUT2D eigenvalue weighted by atomic mass is 16.2. The van der Waals surface area contributed by atoms with Crippen LogP contribution in [0.15, 0.2) is 91.5 Å². The molecule has 8 heteroatoms. The second-order valence-electron chi connectivity index (χ2n) is 9.35. The number of carbonyl (C=O) groups is 1. The van der Waals surface area contributed by atoms with Gasteiger partial charge in [0.25, 0.3) is 0 Å². The Morgan fingerprint density at radius 1 is 0.895 bits per heavy atom. The Balaban J connectivity index is 1.29. The molecule has 1 saturated carbocycles. The molecule has 1 aliphatic carbocycles. The number of hydrogen-bond acceptors (Lipinski definition) is 6. The smallest absolute Gasteiger partial charge is 0.323 e. The summed E-state index contributed by atoms with van der Waals surface area (Å²) in [6.07, 6.45) is 10.4. The highest BCUT2D eigenvalue weighted by Crippen LogP contribution is 2.29. The molecule has 1 aliphatic rings. The second-order valence-corrected chi connectivity index (χ2v) is 9.35. The number of nitrogens with one attached hydrogen (secondary N) is 2. The van der Waals surface area contributed by atoms with E-state index in [1.165, 1.54) is 0 Å². The second kappa shape index (κ2) is 12.0. The molecular formula is C30H29N7O. The van der Waals surface area contributed by atoms with Gasteiger partial charge < -0.3 is 10.6 Å². The Labute approximate surface area is 222 Å². The molecule has 0 spiro atoms. The van der Waals surface area contributed by atoms with Crippen LogP contribution in [0.25, 0.3) is 11.1 Å². The van der Waals surface area contributed by atoms with E-state index in [1.54, 1.807) is 30.9 Å². The summed E-state index contributed by atoms with van der Waals surface area (Å²) < 4.78 is 0. The third kappa shape index (κ3) is 6.13. The molecule has 8 nitrogen and oxygen atoms in total. The van der Waals surface area contributed by atoms with Crippen molar-refractivity contribution in [3.05, 3.63) is 103 Å². The summed E-state index contributed by atoms with van der Waals surface area (Å²) in [5, 5.41) is 15.6. The number of amides is 2. The predicted molar refractivity (Wildman–Crippen MR) is 147 cm³/mol.